The number of phenolic OH excluding ortho intramolecular Hbond substituents is 3. The average molecular weight is 356 g/mol. The molecule has 3 N–H and O–H groups in total. The van der Waals surface area contributed by atoms with E-state index >= 15 is 0 Å². The molecule has 0 amide bonds. The van der Waals surface area contributed by atoms with Gasteiger partial charge >= 0.3 is 0 Å². The monoisotopic (exact) mass is 356 g/mol. The minimum atomic E-state index is -0.0653. The molecule has 0 heterocycles. The van der Waals surface area contributed by atoms with Gasteiger partial charge in [-0.2, -0.15) is 0 Å². The van der Waals surface area contributed by atoms with Crippen LogP contribution in [0.2, 0.25) is 0 Å². The van der Waals surface area contributed by atoms with Crippen molar-refractivity contribution in [1.82, 2.24) is 0 Å². The molecule has 1 spiro atoms. The lowest BCUT2D eigenvalue weighted by atomic mass is 9.77. The topological polar surface area (TPSA) is 60.7 Å². The number of benzene rings is 3. The number of allylic oxidation sites excluding steroid dienone is 1. The van der Waals surface area contributed by atoms with Crippen LogP contribution < -0.4 is 0 Å². The summed E-state index contributed by atoms with van der Waals surface area (Å²) in [5.41, 5.74) is 7.00. The van der Waals surface area contributed by atoms with Gasteiger partial charge in [0.25, 0.3) is 0 Å². The lowest BCUT2D eigenvalue weighted by molar-refractivity contribution is 0.441. The summed E-state index contributed by atoms with van der Waals surface area (Å²) >= 11 is 0. The molecule has 5 rings (SSSR count). The van der Waals surface area contributed by atoms with Crippen molar-refractivity contribution in [2.24, 2.45) is 5.41 Å². The summed E-state index contributed by atoms with van der Waals surface area (Å²) in [5, 5.41) is 29.5. The van der Waals surface area contributed by atoms with Crippen LogP contribution in [-0.2, 0) is 19.3 Å². The van der Waals surface area contributed by atoms with Gasteiger partial charge in [0.05, 0.1) is 0 Å². The second-order valence-corrected chi connectivity index (χ2v) is 7.75. The van der Waals surface area contributed by atoms with Crippen LogP contribution >= 0.6 is 0 Å². The first-order chi connectivity index (χ1) is 13.0. The van der Waals surface area contributed by atoms with Crippen molar-refractivity contribution >= 4 is 11.6 Å². The second-order valence-electron chi connectivity index (χ2n) is 7.75. The van der Waals surface area contributed by atoms with E-state index in [1.54, 1.807) is 24.3 Å². The van der Waals surface area contributed by atoms with E-state index in [1.807, 2.05) is 36.4 Å². The maximum absolute atomic E-state index is 10.1. The minimum Gasteiger partial charge on any atom is -0.508 e. The van der Waals surface area contributed by atoms with Crippen molar-refractivity contribution in [3.8, 4) is 17.2 Å². The number of hydrogen-bond donors (Lipinski definition) is 3. The van der Waals surface area contributed by atoms with Crippen molar-refractivity contribution in [3.05, 3.63) is 88.5 Å². The molecule has 1 unspecified atom stereocenters. The first-order valence-corrected chi connectivity index (χ1v) is 9.17. The standard InChI is InChI=1S/C24H20O3/c25-19-5-1-15(2-6-19)9-23-22-11-21(27)8-4-17(22)13-24(23)12-16-3-7-20(26)10-18(16)14-24/h1-11,25-27H,12-14H2. The fourth-order valence-corrected chi connectivity index (χ4v) is 4.74. The molecule has 0 radical (unpaired) electrons. The van der Waals surface area contributed by atoms with Gasteiger partial charge in [-0.15, -0.1) is 0 Å². The Morgan fingerprint density at radius 1 is 0.630 bits per heavy atom. The van der Waals surface area contributed by atoms with Crippen molar-refractivity contribution in [2.45, 2.75) is 19.3 Å². The predicted octanol–water partition coefficient (Wildman–Crippen LogP) is 4.69. The molecule has 1 atom stereocenters. The van der Waals surface area contributed by atoms with Crippen molar-refractivity contribution in [3.63, 3.8) is 0 Å². The summed E-state index contributed by atoms with van der Waals surface area (Å²) in [6.07, 6.45) is 4.89. The number of hydrogen-bond acceptors (Lipinski definition) is 3. The van der Waals surface area contributed by atoms with E-state index in [1.165, 1.54) is 22.3 Å². The number of aromatic hydroxyl groups is 3. The maximum atomic E-state index is 10.1. The van der Waals surface area contributed by atoms with Gasteiger partial charge in [-0.05, 0) is 89.1 Å². The van der Waals surface area contributed by atoms with Crippen LogP contribution in [0.4, 0.5) is 0 Å². The van der Waals surface area contributed by atoms with Gasteiger partial charge in [-0.25, -0.2) is 0 Å². The molecule has 3 heteroatoms. The highest BCUT2D eigenvalue weighted by Crippen LogP contribution is 2.55. The zero-order valence-corrected chi connectivity index (χ0v) is 14.8. The normalized spacial score (nSPS) is 21.6. The summed E-state index contributed by atoms with van der Waals surface area (Å²) in [5.74, 6) is 0.832. The Bertz CT molecular complexity index is 1080. The lowest BCUT2D eigenvalue weighted by Crippen LogP contribution is -2.20. The van der Waals surface area contributed by atoms with Gasteiger partial charge in [-0.3, -0.25) is 0 Å². The molecule has 3 nitrogen and oxygen atoms in total. The molecule has 3 aromatic carbocycles. The van der Waals surface area contributed by atoms with Crippen LogP contribution in [-0.4, -0.2) is 15.3 Å². The summed E-state index contributed by atoms with van der Waals surface area (Å²) in [6.45, 7) is 0. The molecular weight excluding hydrogens is 336 g/mol. The zero-order valence-electron chi connectivity index (χ0n) is 14.8. The molecule has 0 aromatic heterocycles. The average Bonchev–Trinajstić information content (AvgIpc) is 3.14. The molecular formula is C24H20O3. The Balaban J connectivity index is 1.66. The predicted molar refractivity (Wildman–Crippen MR) is 106 cm³/mol. The zero-order chi connectivity index (χ0) is 18.6. The molecule has 0 aliphatic heterocycles. The van der Waals surface area contributed by atoms with E-state index in [4.69, 9.17) is 0 Å². The van der Waals surface area contributed by atoms with Crippen LogP contribution in [0.3, 0.4) is 0 Å². The molecule has 0 fully saturated rings. The fourth-order valence-electron chi connectivity index (χ4n) is 4.74. The van der Waals surface area contributed by atoms with Crippen molar-refractivity contribution < 1.29 is 15.3 Å². The van der Waals surface area contributed by atoms with Gasteiger partial charge in [0.15, 0.2) is 0 Å². The van der Waals surface area contributed by atoms with E-state index in [0.29, 0.717) is 5.75 Å². The first kappa shape index (κ1) is 16.0. The molecule has 0 saturated carbocycles. The fraction of sp³-hybridized carbons (Fsp3) is 0.167. The minimum absolute atomic E-state index is 0.0653. The molecule has 0 bridgehead atoms. The molecule has 134 valence electrons. The van der Waals surface area contributed by atoms with Crippen LogP contribution in [0, 0.1) is 5.41 Å². The van der Waals surface area contributed by atoms with Gasteiger partial charge in [0, 0.05) is 5.41 Å². The summed E-state index contributed by atoms with van der Waals surface area (Å²) in [6, 6.07) is 18.5. The summed E-state index contributed by atoms with van der Waals surface area (Å²) in [4.78, 5) is 0. The number of fused-ring (bicyclic) bond motifs is 2. The quantitative estimate of drug-likeness (QED) is 0.593. The van der Waals surface area contributed by atoms with Crippen molar-refractivity contribution in [2.75, 3.05) is 0 Å². The third-order valence-electron chi connectivity index (χ3n) is 5.94. The van der Waals surface area contributed by atoms with Gasteiger partial charge in [0.2, 0.25) is 0 Å². The van der Waals surface area contributed by atoms with Gasteiger partial charge in [-0.1, -0.05) is 30.3 Å². The number of phenols is 3. The highest BCUT2D eigenvalue weighted by molar-refractivity contribution is 5.90. The van der Waals surface area contributed by atoms with E-state index in [2.05, 4.69) is 6.08 Å². The van der Waals surface area contributed by atoms with Crippen molar-refractivity contribution in [1.29, 1.82) is 0 Å². The SMILES string of the molecule is Oc1ccc(C=C2c3cc(O)ccc3CC23Cc2ccc(O)cc2C3)cc1. The van der Waals surface area contributed by atoms with E-state index in [-0.39, 0.29) is 16.9 Å². The van der Waals surface area contributed by atoms with Crippen LogP contribution in [0.25, 0.3) is 11.6 Å². The summed E-state index contributed by atoms with van der Waals surface area (Å²) < 4.78 is 0. The largest absolute Gasteiger partial charge is 0.508 e. The summed E-state index contributed by atoms with van der Waals surface area (Å²) in [7, 11) is 0. The Kier molecular flexibility index (Phi) is 3.35. The maximum Gasteiger partial charge on any atom is 0.116 e. The van der Waals surface area contributed by atoms with E-state index in [9.17, 15) is 15.3 Å². The molecule has 2 aliphatic rings. The van der Waals surface area contributed by atoms with Crippen LogP contribution in [0.15, 0.2) is 60.7 Å². The highest BCUT2D eigenvalue weighted by atomic mass is 16.3. The van der Waals surface area contributed by atoms with E-state index < -0.39 is 0 Å². The lowest BCUT2D eigenvalue weighted by Gasteiger charge is -2.26. The Labute approximate surface area is 157 Å². The van der Waals surface area contributed by atoms with E-state index in [0.717, 1.165) is 30.4 Å². The Morgan fingerprint density at radius 3 is 2.00 bits per heavy atom. The highest BCUT2D eigenvalue weighted by Gasteiger charge is 2.45. The molecule has 0 saturated heterocycles. The number of rotatable bonds is 1. The van der Waals surface area contributed by atoms with Gasteiger partial charge < -0.3 is 15.3 Å². The van der Waals surface area contributed by atoms with Gasteiger partial charge in [0.1, 0.15) is 17.2 Å². The third-order valence-corrected chi connectivity index (χ3v) is 5.94. The molecule has 2 aliphatic carbocycles. The molecule has 3 aromatic rings. The smallest absolute Gasteiger partial charge is 0.116 e. The van der Waals surface area contributed by atoms with Crippen LogP contribution in [0.5, 0.6) is 17.2 Å². The Morgan fingerprint density at radius 2 is 1.22 bits per heavy atom. The Hall–Kier alpha value is -3.20. The molecule has 27 heavy (non-hydrogen) atoms. The second kappa shape index (κ2) is 5.65. The third kappa shape index (κ3) is 2.58. The van der Waals surface area contributed by atoms with Crippen LogP contribution in [0.1, 0.15) is 27.8 Å². The first-order valence-electron chi connectivity index (χ1n) is 9.17.